The van der Waals surface area contributed by atoms with E-state index in [9.17, 15) is 14.7 Å². The van der Waals surface area contributed by atoms with Crippen LogP contribution >= 0.6 is 0 Å². The van der Waals surface area contributed by atoms with Crippen LogP contribution in [-0.4, -0.2) is 66.4 Å². The van der Waals surface area contributed by atoms with Gasteiger partial charge in [-0.25, -0.2) is 9.18 Å². The molecule has 0 bridgehead atoms. The smallest absolute Gasteiger partial charge is 0.349 e. The van der Waals surface area contributed by atoms with Gasteiger partial charge in [-0.1, -0.05) is 72.8 Å². The van der Waals surface area contributed by atoms with Gasteiger partial charge in [0.25, 0.3) is 5.91 Å². The molecule has 6 rings (SSSR count). The SMILES string of the molecule is COc1ccc(C(OC[C@H]2OC[C@@H](n3cc(C)c(NC(=O)c4ccccc4)nc3=O)[C@H](F)[C@@H]2O)(c2ccccc2)c2ccc(OC)cc2)cc1. The summed E-state index contributed by atoms with van der Waals surface area (Å²) in [6, 6.07) is 31.9. The van der Waals surface area contributed by atoms with Gasteiger partial charge >= 0.3 is 5.69 Å². The summed E-state index contributed by atoms with van der Waals surface area (Å²) in [5, 5.41) is 13.9. The minimum Gasteiger partial charge on any atom is -0.497 e. The van der Waals surface area contributed by atoms with Crippen LogP contribution in [0.25, 0.3) is 0 Å². The molecule has 10 nitrogen and oxygen atoms in total. The van der Waals surface area contributed by atoms with E-state index in [0.717, 1.165) is 21.3 Å². The normalized spacial score (nSPS) is 19.1. The van der Waals surface area contributed by atoms with Gasteiger partial charge in [-0.05, 0) is 60.0 Å². The summed E-state index contributed by atoms with van der Waals surface area (Å²) < 4.78 is 40.9. The number of halogens is 1. The molecule has 1 fully saturated rings. The van der Waals surface area contributed by atoms with Gasteiger partial charge in [-0.3, -0.25) is 9.36 Å². The highest BCUT2D eigenvalue weighted by atomic mass is 19.1. The second kappa shape index (κ2) is 15.0. The Balaban J connectivity index is 1.26. The van der Waals surface area contributed by atoms with Crippen molar-refractivity contribution in [2.45, 2.75) is 36.9 Å². The molecular weight excluding hydrogens is 641 g/mol. The van der Waals surface area contributed by atoms with Gasteiger partial charge in [0.15, 0.2) is 6.17 Å². The fourth-order valence-electron chi connectivity index (χ4n) is 6.21. The van der Waals surface area contributed by atoms with Gasteiger partial charge in [0, 0.05) is 17.3 Å². The van der Waals surface area contributed by atoms with Crippen LogP contribution in [0.15, 0.2) is 120 Å². The Labute approximate surface area is 289 Å². The second-order valence-electron chi connectivity index (χ2n) is 12.0. The summed E-state index contributed by atoms with van der Waals surface area (Å²) in [5.41, 5.74) is 1.16. The van der Waals surface area contributed by atoms with E-state index < -0.39 is 41.6 Å². The van der Waals surface area contributed by atoms with E-state index in [1.807, 2.05) is 78.9 Å². The quantitative estimate of drug-likeness (QED) is 0.177. The number of methoxy groups -OCH3 is 2. The van der Waals surface area contributed by atoms with E-state index in [2.05, 4.69) is 10.3 Å². The molecule has 0 aliphatic carbocycles. The van der Waals surface area contributed by atoms with Crippen molar-refractivity contribution in [3.8, 4) is 11.5 Å². The standard InChI is InChI=1S/C39H38FN3O7/c1-25-22-43(38(46)42-36(25)41-37(45)26-10-6-4-7-11-26)32-23-49-33(35(44)34(32)40)24-50-39(27-12-8-5-9-13-27,28-14-18-30(47-2)19-15-28)29-16-20-31(48-3)21-17-29/h4-22,32-35,44H,23-24H2,1-3H3,(H,41,42,45,46)/t32-,33-,34+,35-/m1/s1. The first-order valence-electron chi connectivity index (χ1n) is 16.1. The number of aliphatic hydroxyl groups is 1. The van der Waals surface area contributed by atoms with Crippen molar-refractivity contribution in [2.75, 3.05) is 32.8 Å². The van der Waals surface area contributed by atoms with Crippen molar-refractivity contribution in [1.82, 2.24) is 9.55 Å². The Morgan fingerprint density at radius 1 is 0.900 bits per heavy atom. The number of aliphatic hydroxyl groups excluding tert-OH is 1. The maximum atomic E-state index is 16.1. The summed E-state index contributed by atoms with van der Waals surface area (Å²) in [4.78, 5) is 29.8. The highest BCUT2D eigenvalue weighted by molar-refractivity contribution is 6.04. The third kappa shape index (κ3) is 6.88. The zero-order valence-electron chi connectivity index (χ0n) is 27.9. The molecule has 0 spiro atoms. The van der Waals surface area contributed by atoms with E-state index >= 15 is 4.39 Å². The fraction of sp³-hybridized carbons (Fsp3) is 0.256. The topological polar surface area (TPSA) is 121 Å². The Hall–Kier alpha value is -5.36. The molecule has 4 aromatic carbocycles. The van der Waals surface area contributed by atoms with E-state index in [1.54, 1.807) is 51.5 Å². The minimum absolute atomic E-state index is 0.0633. The van der Waals surface area contributed by atoms with Gasteiger partial charge in [0.2, 0.25) is 0 Å². The van der Waals surface area contributed by atoms with Gasteiger partial charge in [0.05, 0.1) is 33.5 Å². The summed E-state index contributed by atoms with van der Waals surface area (Å²) >= 11 is 0. The zero-order chi connectivity index (χ0) is 35.3. The molecular formula is C39H38FN3O7. The molecule has 1 amide bonds. The minimum atomic E-state index is -1.89. The summed E-state index contributed by atoms with van der Waals surface area (Å²) in [6.07, 6.45) is -3.20. The molecule has 1 aliphatic heterocycles. The van der Waals surface area contributed by atoms with Gasteiger partial charge in [0.1, 0.15) is 35.1 Å². The lowest BCUT2D eigenvalue weighted by Gasteiger charge is -2.40. The van der Waals surface area contributed by atoms with Crippen molar-refractivity contribution >= 4 is 11.7 Å². The number of hydrogen-bond acceptors (Lipinski definition) is 8. The molecule has 0 saturated carbocycles. The van der Waals surface area contributed by atoms with Crippen molar-refractivity contribution in [2.24, 2.45) is 0 Å². The lowest BCUT2D eigenvalue weighted by atomic mass is 9.80. The molecule has 0 radical (unpaired) electrons. The van der Waals surface area contributed by atoms with Crippen molar-refractivity contribution in [3.63, 3.8) is 0 Å². The molecule has 258 valence electrons. The van der Waals surface area contributed by atoms with Crippen LogP contribution in [0.1, 0.15) is 38.7 Å². The van der Waals surface area contributed by atoms with Crippen LogP contribution < -0.4 is 20.5 Å². The largest absolute Gasteiger partial charge is 0.497 e. The number of nitrogens with one attached hydrogen (secondary N) is 1. The number of hydrogen-bond donors (Lipinski definition) is 2. The maximum absolute atomic E-state index is 16.1. The number of rotatable bonds is 11. The molecule has 2 heterocycles. The summed E-state index contributed by atoms with van der Waals surface area (Å²) in [5.74, 6) is 0.953. The van der Waals surface area contributed by atoms with E-state index in [-0.39, 0.29) is 19.0 Å². The lowest BCUT2D eigenvalue weighted by Crippen LogP contribution is -2.53. The van der Waals surface area contributed by atoms with Crippen LogP contribution in [0.3, 0.4) is 0 Å². The van der Waals surface area contributed by atoms with Crippen LogP contribution in [0, 0.1) is 6.92 Å². The van der Waals surface area contributed by atoms with E-state index in [0.29, 0.717) is 22.6 Å². The molecule has 4 atom stereocenters. The van der Waals surface area contributed by atoms with Gasteiger partial charge in [-0.15, -0.1) is 0 Å². The monoisotopic (exact) mass is 679 g/mol. The number of alkyl halides is 1. The average molecular weight is 680 g/mol. The predicted molar refractivity (Wildman–Crippen MR) is 186 cm³/mol. The Kier molecular flexibility index (Phi) is 10.4. The van der Waals surface area contributed by atoms with E-state index in [4.69, 9.17) is 18.9 Å². The van der Waals surface area contributed by atoms with Crippen LogP contribution in [0.5, 0.6) is 11.5 Å². The number of carbonyl (C=O) groups excluding carboxylic acids is 1. The highest BCUT2D eigenvalue weighted by Crippen LogP contribution is 2.42. The van der Waals surface area contributed by atoms with Gasteiger partial charge in [-0.2, -0.15) is 4.98 Å². The second-order valence-corrected chi connectivity index (χ2v) is 12.0. The molecule has 2 N–H and O–H groups in total. The number of nitrogens with zero attached hydrogens (tertiary/aromatic N) is 2. The van der Waals surface area contributed by atoms with Gasteiger partial charge < -0.3 is 29.4 Å². The number of amides is 1. The molecule has 1 aromatic heterocycles. The molecule has 0 unspecified atom stereocenters. The Morgan fingerprint density at radius 2 is 1.44 bits per heavy atom. The summed E-state index contributed by atoms with van der Waals surface area (Å²) in [7, 11) is 3.18. The molecule has 1 aliphatic rings. The Bertz CT molecular complexity index is 1910. The number of benzene rings is 4. The third-order valence-corrected chi connectivity index (χ3v) is 8.95. The third-order valence-electron chi connectivity index (χ3n) is 8.95. The number of aromatic nitrogens is 2. The molecule has 1 saturated heterocycles. The average Bonchev–Trinajstić information content (AvgIpc) is 3.16. The fourth-order valence-corrected chi connectivity index (χ4v) is 6.21. The lowest BCUT2D eigenvalue weighted by molar-refractivity contribution is -0.169. The van der Waals surface area contributed by atoms with Crippen LogP contribution in [-0.2, 0) is 15.1 Å². The molecule has 5 aromatic rings. The summed E-state index contributed by atoms with van der Waals surface area (Å²) in [6.45, 7) is 1.22. The number of carbonyl (C=O) groups is 1. The van der Waals surface area contributed by atoms with Crippen LogP contribution in [0.4, 0.5) is 10.2 Å². The Morgan fingerprint density at radius 3 is 2.00 bits per heavy atom. The van der Waals surface area contributed by atoms with Crippen molar-refractivity contribution in [1.29, 1.82) is 0 Å². The first-order valence-corrected chi connectivity index (χ1v) is 16.1. The van der Waals surface area contributed by atoms with E-state index in [1.165, 1.54) is 6.20 Å². The first-order chi connectivity index (χ1) is 24.2. The predicted octanol–water partition coefficient (Wildman–Crippen LogP) is 5.47. The maximum Gasteiger partial charge on any atom is 0.349 e. The van der Waals surface area contributed by atoms with Crippen molar-refractivity contribution in [3.05, 3.63) is 154 Å². The first kappa shape index (κ1) is 34.5. The number of anilines is 1. The highest BCUT2D eigenvalue weighted by Gasteiger charge is 2.44. The van der Waals surface area contributed by atoms with Crippen molar-refractivity contribution < 1.29 is 33.2 Å². The van der Waals surface area contributed by atoms with Crippen LogP contribution in [0.2, 0.25) is 0 Å². The zero-order valence-corrected chi connectivity index (χ0v) is 27.9. The number of aryl methyl sites for hydroxylation is 1. The molecule has 11 heteroatoms. The molecule has 50 heavy (non-hydrogen) atoms. The number of ether oxygens (including phenoxy) is 4.